The molecule has 0 spiro atoms. The fourth-order valence-electron chi connectivity index (χ4n) is 2.55. The zero-order valence-electron chi connectivity index (χ0n) is 12.2. The molecule has 1 aromatic heterocycles. The zero-order valence-corrected chi connectivity index (χ0v) is 14.6. The van der Waals surface area contributed by atoms with Crippen molar-refractivity contribution in [3.63, 3.8) is 0 Å². The van der Waals surface area contributed by atoms with Crippen LogP contribution in [-0.2, 0) is 10.8 Å². The Morgan fingerprint density at radius 2 is 1.74 bits per heavy atom. The van der Waals surface area contributed by atoms with Crippen molar-refractivity contribution in [2.24, 2.45) is 0 Å². The number of halogens is 2. The van der Waals surface area contributed by atoms with Crippen molar-refractivity contribution in [2.75, 3.05) is 12.0 Å². The number of Topliss-reactive ketones (excluding diaryl/α,β-unsaturated/α-hetero) is 1. The van der Waals surface area contributed by atoms with Gasteiger partial charge in [-0.25, -0.2) is 0 Å². The van der Waals surface area contributed by atoms with E-state index in [4.69, 9.17) is 23.2 Å². The topological polar surface area (TPSA) is 49.9 Å². The molecule has 1 atom stereocenters. The van der Waals surface area contributed by atoms with Crippen LogP contribution in [0.3, 0.4) is 0 Å². The molecule has 0 bridgehead atoms. The van der Waals surface area contributed by atoms with Crippen molar-refractivity contribution in [1.82, 2.24) is 4.98 Å². The first-order valence-electron chi connectivity index (χ1n) is 6.86. The number of H-pyrrole nitrogens is 1. The van der Waals surface area contributed by atoms with Gasteiger partial charge in [-0.15, -0.1) is 0 Å². The third-order valence-corrected chi connectivity index (χ3v) is 4.66. The van der Waals surface area contributed by atoms with Crippen molar-refractivity contribution in [3.05, 3.63) is 58.2 Å². The van der Waals surface area contributed by atoms with Crippen molar-refractivity contribution in [1.29, 1.82) is 0 Å². The van der Waals surface area contributed by atoms with Gasteiger partial charge in [0.05, 0.1) is 11.4 Å². The van der Waals surface area contributed by atoms with Gasteiger partial charge >= 0.3 is 0 Å². The van der Waals surface area contributed by atoms with Crippen LogP contribution in [0.1, 0.15) is 10.5 Å². The minimum Gasteiger partial charge on any atom is -0.352 e. The fraction of sp³-hybridized carbons (Fsp3) is 0.118. The number of ketones is 1. The monoisotopic (exact) mass is 365 g/mol. The average molecular weight is 366 g/mol. The molecular formula is C17H13Cl2NO2S. The lowest BCUT2D eigenvalue weighted by molar-refractivity contribution is 0.101. The molecule has 3 rings (SSSR count). The maximum absolute atomic E-state index is 12.5. The van der Waals surface area contributed by atoms with Crippen LogP contribution in [0.2, 0.25) is 10.0 Å². The Hall–Kier alpha value is -1.62. The average Bonchev–Trinajstić information content (AvgIpc) is 2.86. The van der Waals surface area contributed by atoms with Gasteiger partial charge in [-0.3, -0.25) is 9.00 Å². The maximum atomic E-state index is 12.5. The molecule has 0 amide bonds. The molecule has 1 heterocycles. The van der Waals surface area contributed by atoms with E-state index in [1.165, 1.54) is 6.26 Å². The van der Waals surface area contributed by atoms with Crippen LogP contribution in [0.4, 0.5) is 0 Å². The van der Waals surface area contributed by atoms with Gasteiger partial charge in [-0.2, -0.15) is 0 Å². The highest BCUT2D eigenvalue weighted by atomic mass is 35.5. The maximum Gasteiger partial charge on any atom is 0.192 e. The standard InChI is InChI=1S/C17H13Cl2NO2S/c1-23(22)9-15(21)17-16(10-2-4-11(18)5-3-10)13-7-6-12(19)8-14(13)20-17/h2-8,20H,9H2,1H3. The molecule has 1 unspecified atom stereocenters. The van der Waals surface area contributed by atoms with Gasteiger partial charge in [0, 0.05) is 43.6 Å². The Morgan fingerprint density at radius 3 is 2.39 bits per heavy atom. The molecule has 0 aliphatic heterocycles. The number of rotatable bonds is 4. The van der Waals surface area contributed by atoms with Gasteiger partial charge in [0.1, 0.15) is 0 Å². The van der Waals surface area contributed by atoms with E-state index in [1.54, 1.807) is 24.3 Å². The summed E-state index contributed by atoms with van der Waals surface area (Å²) >= 11 is 12.0. The smallest absolute Gasteiger partial charge is 0.192 e. The molecule has 1 N–H and O–H groups in total. The summed E-state index contributed by atoms with van der Waals surface area (Å²) in [5.41, 5.74) is 2.87. The molecule has 0 fully saturated rings. The summed E-state index contributed by atoms with van der Waals surface area (Å²) in [7, 11) is -1.21. The molecule has 118 valence electrons. The number of carbonyl (C=O) groups is 1. The largest absolute Gasteiger partial charge is 0.352 e. The van der Waals surface area contributed by atoms with Crippen molar-refractivity contribution in [3.8, 4) is 11.1 Å². The second kappa shape index (κ2) is 6.48. The predicted molar refractivity (Wildman–Crippen MR) is 97.0 cm³/mol. The van der Waals surface area contributed by atoms with Crippen LogP contribution >= 0.6 is 23.2 Å². The Bertz CT molecular complexity index is 916. The van der Waals surface area contributed by atoms with Crippen LogP contribution < -0.4 is 0 Å². The van der Waals surface area contributed by atoms with Gasteiger partial charge in [0.25, 0.3) is 0 Å². The first kappa shape index (κ1) is 16.2. The van der Waals surface area contributed by atoms with E-state index in [1.807, 2.05) is 18.2 Å². The van der Waals surface area contributed by atoms with E-state index < -0.39 is 10.8 Å². The number of benzene rings is 2. The van der Waals surface area contributed by atoms with Gasteiger partial charge in [0.2, 0.25) is 0 Å². The zero-order chi connectivity index (χ0) is 16.6. The van der Waals surface area contributed by atoms with E-state index in [0.717, 1.165) is 22.0 Å². The van der Waals surface area contributed by atoms with Crippen LogP contribution in [-0.4, -0.2) is 27.0 Å². The Balaban J connectivity index is 2.25. The Labute approximate surface area is 146 Å². The number of hydrogen-bond acceptors (Lipinski definition) is 2. The van der Waals surface area contributed by atoms with Crippen LogP contribution in [0.25, 0.3) is 22.0 Å². The minimum atomic E-state index is -1.21. The minimum absolute atomic E-state index is 0.0266. The molecule has 3 nitrogen and oxygen atoms in total. The van der Waals surface area contributed by atoms with E-state index in [0.29, 0.717) is 15.7 Å². The van der Waals surface area contributed by atoms with Crippen molar-refractivity contribution < 1.29 is 9.00 Å². The van der Waals surface area contributed by atoms with Crippen LogP contribution in [0, 0.1) is 0 Å². The van der Waals surface area contributed by atoms with Crippen LogP contribution in [0.5, 0.6) is 0 Å². The molecular weight excluding hydrogens is 353 g/mol. The Morgan fingerprint density at radius 1 is 1.09 bits per heavy atom. The lowest BCUT2D eigenvalue weighted by atomic mass is 10.0. The molecule has 3 aromatic rings. The van der Waals surface area contributed by atoms with Crippen molar-refractivity contribution in [2.45, 2.75) is 0 Å². The summed E-state index contributed by atoms with van der Waals surface area (Å²) in [6, 6.07) is 12.7. The second-order valence-electron chi connectivity index (χ2n) is 5.21. The number of aromatic nitrogens is 1. The van der Waals surface area contributed by atoms with Gasteiger partial charge < -0.3 is 4.98 Å². The molecule has 0 radical (unpaired) electrons. The summed E-state index contributed by atoms with van der Waals surface area (Å²) in [6.45, 7) is 0. The number of aromatic amines is 1. The highest BCUT2D eigenvalue weighted by Gasteiger charge is 2.20. The normalized spacial score (nSPS) is 12.5. The number of carbonyl (C=O) groups excluding carboxylic acids is 1. The number of fused-ring (bicyclic) bond motifs is 1. The second-order valence-corrected chi connectivity index (χ2v) is 7.52. The number of nitrogens with one attached hydrogen (secondary N) is 1. The van der Waals surface area contributed by atoms with Gasteiger partial charge in [0.15, 0.2) is 5.78 Å². The summed E-state index contributed by atoms with van der Waals surface area (Å²) in [5, 5.41) is 2.10. The first-order valence-corrected chi connectivity index (χ1v) is 9.34. The molecule has 6 heteroatoms. The summed E-state index contributed by atoms with van der Waals surface area (Å²) in [5.74, 6) is -0.218. The molecule has 23 heavy (non-hydrogen) atoms. The van der Waals surface area contributed by atoms with Crippen LogP contribution in [0.15, 0.2) is 42.5 Å². The van der Waals surface area contributed by atoms with E-state index in [9.17, 15) is 9.00 Å². The highest BCUT2D eigenvalue weighted by molar-refractivity contribution is 7.85. The molecule has 0 saturated carbocycles. The van der Waals surface area contributed by atoms with Gasteiger partial charge in [-0.1, -0.05) is 41.4 Å². The third-order valence-electron chi connectivity index (χ3n) is 3.51. The predicted octanol–water partition coefficient (Wildman–Crippen LogP) is 4.70. The molecule has 0 aliphatic carbocycles. The fourth-order valence-corrected chi connectivity index (χ4v) is 3.36. The highest BCUT2D eigenvalue weighted by Crippen LogP contribution is 2.34. The van der Waals surface area contributed by atoms with E-state index >= 15 is 0 Å². The molecule has 2 aromatic carbocycles. The quantitative estimate of drug-likeness (QED) is 0.681. The van der Waals surface area contributed by atoms with E-state index in [2.05, 4.69) is 4.98 Å². The SMILES string of the molecule is CS(=O)CC(=O)c1[nH]c2cc(Cl)ccc2c1-c1ccc(Cl)cc1. The number of hydrogen-bond donors (Lipinski definition) is 1. The third kappa shape index (κ3) is 3.34. The van der Waals surface area contributed by atoms with Crippen molar-refractivity contribution >= 4 is 50.7 Å². The molecule has 0 aliphatic rings. The summed E-state index contributed by atoms with van der Waals surface area (Å²) in [6.07, 6.45) is 1.51. The lowest BCUT2D eigenvalue weighted by Gasteiger charge is -2.04. The lowest BCUT2D eigenvalue weighted by Crippen LogP contribution is -2.11. The summed E-state index contributed by atoms with van der Waals surface area (Å²) < 4.78 is 11.4. The molecule has 0 saturated heterocycles. The van der Waals surface area contributed by atoms with E-state index in [-0.39, 0.29) is 11.5 Å². The Kier molecular flexibility index (Phi) is 4.57. The van der Waals surface area contributed by atoms with Gasteiger partial charge in [-0.05, 0) is 29.8 Å². The summed E-state index contributed by atoms with van der Waals surface area (Å²) in [4.78, 5) is 15.6. The first-order chi connectivity index (χ1) is 11.0.